The molecule has 6 aromatic heterocycles. The SMILES string of the molecule is C#Cc1ccc(C(=O)NC(C)(C)C2C[C@H]3CC(c4ccnc5ccc(F)cc45)C[C@H]3C2)nc1.CC(C)(NC(=O)c1ccc(C#N)cn1)C1C[C@H]2CC(c3ccnc4ccc(F)cc34)C[C@H]2C1.CC(C)(NC(=O)c1ccc(Cl)cn1)C1C[C@H]2CC(c3ccnc4ccc(F)cc34)C[C@H]2C1. The molecule has 0 radical (unpaired) electrons. The second-order valence-corrected chi connectivity index (χ2v) is 30.7. The molecule has 3 N–H and O–H groups in total. The van der Waals surface area contributed by atoms with Gasteiger partial charge in [-0.1, -0.05) is 17.5 Å². The van der Waals surface area contributed by atoms with Gasteiger partial charge < -0.3 is 16.0 Å². The highest BCUT2D eigenvalue weighted by atomic mass is 35.5. The maximum absolute atomic E-state index is 13.9. The number of nitriles is 1. The molecule has 0 spiro atoms. The van der Waals surface area contributed by atoms with E-state index in [4.69, 9.17) is 23.3 Å². The first-order valence-electron chi connectivity index (χ1n) is 34.5. The van der Waals surface area contributed by atoms with E-state index < -0.39 is 0 Å². The number of rotatable bonds is 12. The minimum atomic E-state index is -0.348. The van der Waals surface area contributed by atoms with Crippen molar-refractivity contribution in [3.63, 3.8) is 0 Å². The largest absolute Gasteiger partial charge is 0.346 e. The van der Waals surface area contributed by atoms with Gasteiger partial charge >= 0.3 is 0 Å². The van der Waals surface area contributed by atoms with Crippen molar-refractivity contribution in [2.45, 2.75) is 153 Å². The summed E-state index contributed by atoms with van der Waals surface area (Å²) in [6.07, 6.45) is 28.5. The number of aromatic nitrogens is 6. The number of carbonyl (C=O) groups excluding carboxylic acids is 3. The van der Waals surface area contributed by atoms with E-state index in [-0.39, 0.29) is 51.8 Å². The molecule has 12 atom stereocenters. The van der Waals surface area contributed by atoms with Crippen molar-refractivity contribution >= 4 is 62.0 Å². The van der Waals surface area contributed by atoms with Crippen molar-refractivity contribution in [3.05, 3.63) is 214 Å². The molecule has 502 valence electrons. The summed E-state index contributed by atoms with van der Waals surface area (Å²) < 4.78 is 41.7. The van der Waals surface area contributed by atoms with Crippen molar-refractivity contribution in [1.29, 1.82) is 5.26 Å². The fourth-order valence-corrected chi connectivity index (χ4v) is 18.1. The Kier molecular flexibility index (Phi) is 19.0. The van der Waals surface area contributed by atoms with Gasteiger partial charge in [0.2, 0.25) is 0 Å². The maximum Gasteiger partial charge on any atom is 0.270 e. The van der Waals surface area contributed by atoms with Crippen LogP contribution < -0.4 is 16.0 Å². The van der Waals surface area contributed by atoms with Crippen LogP contribution in [-0.4, -0.2) is 64.2 Å². The summed E-state index contributed by atoms with van der Waals surface area (Å²) in [5.74, 6) is 7.61. The van der Waals surface area contributed by atoms with Gasteiger partial charge in [-0.3, -0.25) is 29.3 Å². The molecule has 98 heavy (non-hydrogen) atoms. The van der Waals surface area contributed by atoms with Gasteiger partial charge in [-0.2, -0.15) is 5.26 Å². The average Bonchev–Trinajstić information content (AvgIpc) is 1.61. The quantitative estimate of drug-likeness (QED) is 0.0993. The lowest BCUT2D eigenvalue weighted by atomic mass is 9.82. The van der Waals surface area contributed by atoms with E-state index in [1.54, 1.807) is 79.0 Å². The highest BCUT2D eigenvalue weighted by molar-refractivity contribution is 6.30. The van der Waals surface area contributed by atoms with Crippen molar-refractivity contribution in [2.24, 2.45) is 53.3 Å². The predicted octanol–water partition coefficient (Wildman–Crippen LogP) is 17.0. The molecule has 3 amide bonds. The second kappa shape index (κ2) is 27.7. The van der Waals surface area contributed by atoms with E-state index in [0.29, 0.717) is 104 Å². The van der Waals surface area contributed by atoms with Crippen molar-refractivity contribution in [2.75, 3.05) is 0 Å². The first-order chi connectivity index (χ1) is 47.0. The minimum absolute atomic E-state index is 0.160. The van der Waals surface area contributed by atoms with Crippen LogP contribution in [0.2, 0.25) is 5.02 Å². The van der Waals surface area contributed by atoms with E-state index in [1.807, 2.05) is 24.7 Å². The number of hydrogen-bond acceptors (Lipinski definition) is 10. The van der Waals surface area contributed by atoms with Crippen molar-refractivity contribution < 1.29 is 27.6 Å². The van der Waals surface area contributed by atoms with Crippen molar-refractivity contribution in [1.82, 2.24) is 45.9 Å². The Labute approximate surface area is 576 Å². The molecule has 0 aliphatic heterocycles. The molecule has 3 aromatic carbocycles. The molecule has 6 fully saturated rings. The van der Waals surface area contributed by atoms with Gasteiger partial charge in [-0.05, 0) is 315 Å². The molecule has 0 saturated heterocycles. The molecule has 9 aromatic rings. The Morgan fingerprint density at radius 2 is 0.735 bits per heavy atom. The standard InChI is InChI=1S/C28H28FN3O.C27H27FN4O.C26H27ClFN3O/c1-4-17-5-7-26(31-16-17)27(33)32-28(2,3)21-13-18-11-20(12-19(18)14-21)23-9-10-30-25-8-6-22(29)15-24(23)25;1-27(2,32-26(33)25-5-3-16(14-29)15-31-25)20-11-17-9-19(10-18(17)12-20)22-7-8-30-24-6-4-21(28)13-23(22)24;1-26(2,31-25(32)24-5-3-19(27)14-30-24)18-11-15-9-17(10-16(15)12-18)21-7-8-29-23-6-4-20(28)13-22(21)23/h1,5-10,15-16,18-21H,11-14H2,2-3H3,(H,32,33);3-8,13,15,17-20H,9-12H2,1-2H3,(H,32,33);3-8,13-18H,9-12H2,1-2H3,(H,31,32)/t18-,19+,20?,21?;17-,18+,19?,20?;15-,16+,17?,18?. The lowest BCUT2D eigenvalue weighted by Crippen LogP contribution is -2.48. The summed E-state index contributed by atoms with van der Waals surface area (Å²) in [5.41, 5.74) is 7.44. The third-order valence-corrected chi connectivity index (χ3v) is 23.4. The Morgan fingerprint density at radius 1 is 0.429 bits per heavy atom. The summed E-state index contributed by atoms with van der Waals surface area (Å²) in [5, 5.41) is 21.8. The maximum atomic E-state index is 13.9. The van der Waals surface area contributed by atoms with Crippen LogP contribution in [0.4, 0.5) is 13.2 Å². The molecule has 6 saturated carbocycles. The Morgan fingerprint density at radius 3 is 1.01 bits per heavy atom. The van der Waals surface area contributed by atoms with Gasteiger partial charge in [0.25, 0.3) is 17.7 Å². The van der Waals surface area contributed by atoms with Gasteiger partial charge in [0.05, 0.1) is 27.1 Å². The highest BCUT2D eigenvalue weighted by Gasteiger charge is 2.50. The summed E-state index contributed by atoms with van der Waals surface area (Å²) in [6.45, 7) is 12.6. The van der Waals surface area contributed by atoms with E-state index in [0.717, 1.165) is 110 Å². The fraction of sp³-hybridized carbons (Fsp3) is 0.407. The van der Waals surface area contributed by atoms with Gasteiger partial charge in [0.15, 0.2) is 0 Å². The van der Waals surface area contributed by atoms with E-state index >= 15 is 0 Å². The molecule has 13 nitrogen and oxygen atoms in total. The molecular formula is C81H82ClF3N10O3. The first kappa shape index (κ1) is 67.4. The monoisotopic (exact) mass is 1330 g/mol. The third kappa shape index (κ3) is 14.4. The normalized spacial score (nSPS) is 24.7. The highest BCUT2D eigenvalue weighted by Crippen LogP contribution is 2.58. The first-order valence-corrected chi connectivity index (χ1v) is 34.9. The van der Waals surface area contributed by atoms with Gasteiger partial charge in [0.1, 0.15) is 40.6 Å². The number of fused-ring (bicyclic) bond motifs is 6. The molecular weight excluding hydrogens is 1250 g/mol. The van der Waals surface area contributed by atoms with Crippen LogP contribution >= 0.6 is 11.6 Å². The third-order valence-electron chi connectivity index (χ3n) is 23.2. The number of halogens is 4. The lowest BCUT2D eigenvalue weighted by molar-refractivity contribution is 0.0863. The number of nitrogens with one attached hydrogen (secondary N) is 3. The zero-order valence-corrected chi connectivity index (χ0v) is 57.0. The lowest BCUT2D eigenvalue weighted by Gasteiger charge is -2.33. The van der Waals surface area contributed by atoms with Crippen LogP contribution in [0.3, 0.4) is 0 Å². The number of amides is 3. The van der Waals surface area contributed by atoms with Gasteiger partial charge in [0, 0.05) is 75.5 Å². The van der Waals surface area contributed by atoms with Crippen LogP contribution in [0.25, 0.3) is 32.7 Å². The predicted molar refractivity (Wildman–Crippen MR) is 375 cm³/mol. The second-order valence-electron chi connectivity index (χ2n) is 30.3. The Balaban J connectivity index is 0.000000132. The number of pyridine rings is 6. The minimum Gasteiger partial charge on any atom is -0.346 e. The topological polar surface area (TPSA) is 188 Å². The number of hydrogen-bond donors (Lipinski definition) is 3. The van der Waals surface area contributed by atoms with E-state index in [2.05, 4.69) is 112 Å². The van der Waals surface area contributed by atoms with Crippen LogP contribution in [0.1, 0.15) is 196 Å². The molecule has 6 heterocycles. The van der Waals surface area contributed by atoms with Crippen LogP contribution in [-0.2, 0) is 0 Å². The smallest absolute Gasteiger partial charge is 0.270 e. The van der Waals surface area contributed by atoms with E-state index in [1.165, 1.54) is 47.3 Å². The molecule has 6 aliphatic carbocycles. The number of benzene rings is 3. The van der Waals surface area contributed by atoms with Crippen molar-refractivity contribution in [3.8, 4) is 18.4 Å². The Hall–Kier alpha value is -9.12. The average molecular weight is 1340 g/mol. The zero-order chi connectivity index (χ0) is 68.8. The van der Waals surface area contributed by atoms with Crippen LogP contribution in [0.5, 0.6) is 0 Å². The van der Waals surface area contributed by atoms with Gasteiger partial charge in [-0.25, -0.2) is 28.1 Å². The fourth-order valence-electron chi connectivity index (χ4n) is 18.0. The molecule has 17 heteroatoms. The van der Waals surface area contributed by atoms with E-state index in [9.17, 15) is 27.6 Å². The Bertz CT molecular complexity index is 4330. The number of carbonyl (C=O) groups is 3. The summed E-state index contributed by atoms with van der Waals surface area (Å²) >= 11 is 5.89. The molecule has 15 rings (SSSR count). The summed E-state index contributed by atoms with van der Waals surface area (Å²) in [7, 11) is 0. The summed E-state index contributed by atoms with van der Waals surface area (Å²) in [6, 6.07) is 32.7. The van der Waals surface area contributed by atoms with Crippen LogP contribution in [0, 0.1) is 94.4 Å². The summed E-state index contributed by atoms with van der Waals surface area (Å²) in [4.78, 5) is 64.0. The molecule has 6 aliphatic rings. The molecule has 0 bridgehead atoms. The van der Waals surface area contributed by atoms with Gasteiger partial charge in [-0.15, -0.1) is 6.42 Å². The number of nitrogens with zero attached hydrogens (tertiary/aromatic N) is 7. The molecule has 6 unspecified atom stereocenters. The number of terminal acetylenes is 1. The van der Waals surface area contributed by atoms with Crippen LogP contribution in [0.15, 0.2) is 146 Å². The zero-order valence-electron chi connectivity index (χ0n) is 56.2.